The van der Waals surface area contributed by atoms with Crippen LogP contribution in [0.3, 0.4) is 0 Å². The van der Waals surface area contributed by atoms with Gasteiger partial charge < -0.3 is 9.64 Å². The molecular weight excluding hydrogens is 224 g/mol. The number of hydrogen-bond donors (Lipinski definition) is 0. The third kappa shape index (κ3) is 3.90. The van der Waals surface area contributed by atoms with Crippen LogP contribution in [0, 0.1) is 0 Å². The molecule has 1 rings (SSSR count). The van der Waals surface area contributed by atoms with Crippen molar-refractivity contribution in [3.63, 3.8) is 0 Å². The van der Waals surface area contributed by atoms with Crippen LogP contribution in [0.5, 0.6) is 0 Å². The number of rotatable bonds is 6. The maximum Gasteiger partial charge on any atom is 0.185 e. The summed E-state index contributed by atoms with van der Waals surface area (Å²) in [5, 5.41) is 0.859. The lowest BCUT2D eigenvalue weighted by Crippen LogP contribution is -2.23. The van der Waals surface area contributed by atoms with Crippen LogP contribution in [0.1, 0.15) is 30.4 Å². The Morgan fingerprint density at radius 1 is 1.62 bits per heavy atom. The van der Waals surface area contributed by atoms with E-state index in [1.165, 1.54) is 11.3 Å². The van der Waals surface area contributed by atoms with Gasteiger partial charge in [0, 0.05) is 20.5 Å². The highest BCUT2D eigenvalue weighted by Crippen LogP contribution is 2.21. The number of ketones is 1. The normalized spacial score (nSPS) is 10.8. The van der Waals surface area contributed by atoms with Crippen molar-refractivity contribution in [2.24, 2.45) is 0 Å². The van der Waals surface area contributed by atoms with Gasteiger partial charge in [0.15, 0.2) is 10.9 Å². The van der Waals surface area contributed by atoms with Gasteiger partial charge in [0.1, 0.15) is 0 Å². The molecule has 90 valence electrons. The van der Waals surface area contributed by atoms with Crippen molar-refractivity contribution in [3.8, 4) is 0 Å². The number of ether oxygens (including phenoxy) is 1. The van der Waals surface area contributed by atoms with E-state index in [0.29, 0.717) is 11.5 Å². The van der Waals surface area contributed by atoms with Crippen LogP contribution in [0.4, 0.5) is 5.13 Å². The Bertz CT molecular complexity index is 350. The Kier molecular flexibility index (Phi) is 4.89. The molecule has 0 saturated heterocycles. The molecule has 1 aromatic heterocycles. The SMILES string of the molecule is CC(=O)c1cnc(N(C)CCOC(C)C)s1. The van der Waals surface area contributed by atoms with E-state index in [-0.39, 0.29) is 11.9 Å². The predicted octanol–water partition coefficient (Wildman–Crippen LogP) is 2.21. The number of anilines is 1. The fourth-order valence-electron chi connectivity index (χ4n) is 1.13. The molecular formula is C11H18N2O2S. The van der Waals surface area contributed by atoms with Crippen LogP contribution in [-0.2, 0) is 4.74 Å². The highest BCUT2D eigenvalue weighted by Gasteiger charge is 2.09. The van der Waals surface area contributed by atoms with E-state index in [9.17, 15) is 4.79 Å². The average molecular weight is 242 g/mol. The summed E-state index contributed by atoms with van der Waals surface area (Å²) in [6, 6.07) is 0. The summed E-state index contributed by atoms with van der Waals surface area (Å²) in [4.78, 5) is 18.0. The molecule has 0 aliphatic carbocycles. The highest BCUT2D eigenvalue weighted by atomic mass is 32.1. The lowest BCUT2D eigenvalue weighted by molar-refractivity contribution is 0.0846. The van der Waals surface area contributed by atoms with Crippen molar-refractivity contribution >= 4 is 22.3 Å². The van der Waals surface area contributed by atoms with E-state index in [0.717, 1.165) is 11.7 Å². The van der Waals surface area contributed by atoms with Crippen molar-refractivity contribution in [1.29, 1.82) is 0 Å². The molecule has 1 aromatic rings. The second-order valence-electron chi connectivity index (χ2n) is 3.90. The first kappa shape index (κ1) is 13.1. The van der Waals surface area contributed by atoms with Crippen LogP contribution < -0.4 is 4.90 Å². The fraction of sp³-hybridized carbons (Fsp3) is 0.636. The van der Waals surface area contributed by atoms with Gasteiger partial charge in [0.05, 0.1) is 23.8 Å². The summed E-state index contributed by atoms with van der Waals surface area (Å²) in [7, 11) is 1.95. The van der Waals surface area contributed by atoms with E-state index in [1.54, 1.807) is 13.1 Å². The molecule has 0 spiro atoms. The number of Topliss-reactive ketones (excluding diaryl/α,β-unsaturated/α-hetero) is 1. The van der Waals surface area contributed by atoms with Crippen LogP contribution in [0.2, 0.25) is 0 Å². The standard InChI is InChI=1S/C11H18N2O2S/c1-8(2)15-6-5-13(4)11-12-7-10(16-11)9(3)14/h7-8H,5-6H2,1-4H3. The second-order valence-corrected chi connectivity index (χ2v) is 4.91. The van der Waals surface area contributed by atoms with Crippen molar-refractivity contribution in [2.75, 3.05) is 25.1 Å². The summed E-state index contributed by atoms with van der Waals surface area (Å²) in [6.07, 6.45) is 1.87. The minimum Gasteiger partial charge on any atom is -0.377 e. The number of hydrogen-bond acceptors (Lipinski definition) is 5. The van der Waals surface area contributed by atoms with Crippen LogP contribution >= 0.6 is 11.3 Å². The van der Waals surface area contributed by atoms with Gasteiger partial charge >= 0.3 is 0 Å². The van der Waals surface area contributed by atoms with Gasteiger partial charge in [-0.05, 0) is 13.8 Å². The predicted molar refractivity (Wildman–Crippen MR) is 66.5 cm³/mol. The molecule has 0 aromatic carbocycles. The largest absolute Gasteiger partial charge is 0.377 e. The topological polar surface area (TPSA) is 42.4 Å². The Morgan fingerprint density at radius 3 is 2.81 bits per heavy atom. The molecule has 0 saturated carbocycles. The second kappa shape index (κ2) is 5.96. The maximum atomic E-state index is 11.1. The van der Waals surface area contributed by atoms with Gasteiger partial charge in [-0.2, -0.15) is 0 Å². The Hall–Kier alpha value is -0.940. The third-order valence-electron chi connectivity index (χ3n) is 2.04. The average Bonchev–Trinajstić information content (AvgIpc) is 2.65. The van der Waals surface area contributed by atoms with Crippen molar-refractivity contribution in [3.05, 3.63) is 11.1 Å². The van der Waals surface area contributed by atoms with Crippen molar-refractivity contribution < 1.29 is 9.53 Å². The molecule has 0 N–H and O–H groups in total. The number of thiazole rings is 1. The fourth-order valence-corrected chi connectivity index (χ4v) is 1.92. The van der Waals surface area contributed by atoms with E-state index >= 15 is 0 Å². The van der Waals surface area contributed by atoms with Crippen molar-refractivity contribution in [1.82, 2.24) is 4.98 Å². The zero-order valence-electron chi connectivity index (χ0n) is 10.2. The molecule has 16 heavy (non-hydrogen) atoms. The number of nitrogens with zero attached hydrogens (tertiary/aromatic N) is 2. The quantitative estimate of drug-likeness (QED) is 0.717. The molecule has 0 atom stereocenters. The van der Waals surface area contributed by atoms with E-state index in [4.69, 9.17) is 4.74 Å². The molecule has 0 fully saturated rings. The summed E-state index contributed by atoms with van der Waals surface area (Å²) >= 11 is 1.42. The monoisotopic (exact) mass is 242 g/mol. The summed E-state index contributed by atoms with van der Waals surface area (Å²) in [5.74, 6) is 0.0654. The minimum atomic E-state index is 0.0654. The van der Waals surface area contributed by atoms with Gasteiger partial charge in [-0.25, -0.2) is 4.98 Å². The summed E-state index contributed by atoms with van der Waals surface area (Å²) in [6.45, 7) is 7.03. The Labute approximate surface area is 100 Å². The molecule has 0 radical (unpaired) electrons. The highest BCUT2D eigenvalue weighted by molar-refractivity contribution is 7.17. The molecule has 1 heterocycles. The summed E-state index contributed by atoms with van der Waals surface area (Å²) in [5.41, 5.74) is 0. The third-order valence-corrected chi connectivity index (χ3v) is 3.26. The molecule has 0 aliphatic rings. The van der Waals surface area contributed by atoms with E-state index in [2.05, 4.69) is 4.98 Å². The number of carbonyl (C=O) groups is 1. The first-order valence-corrected chi connectivity index (χ1v) is 6.12. The Morgan fingerprint density at radius 2 is 2.31 bits per heavy atom. The number of carbonyl (C=O) groups excluding carboxylic acids is 1. The van der Waals surface area contributed by atoms with Crippen LogP contribution in [0.25, 0.3) is 0 Å². The van der Waals surface area contributed by atoms with Gasteiger partial charge in [-0.3, -0.25) is 4.79 Å². The molecule has 0 unspecified atom stereocenters. The van der Waals surface area contributed by atoms with Gasteiger partial charge in [-0.1, -0.05) is 11.3 Å². The van der Waals surface area contributed by atoms with Gasteiger partial charge in [-0.15, -0.1) is 0 Å². The molecule has 0 bridgehead atoms. The Balaban J connectivity index is 2.46. The van der Waals surface area contributed by atoms with Crippen LogP contribution in [-0.4, -0.2) is 37.1 Å². The first-order valence-electron chi connectivity index (χ1n) is 5.30. The molecule has 4 nitrogen and oxygen atoms in total. The van der Waals surface area contributed by atoms with Gasteiger partial charge in [0.2, 0.25) is 0 Å². The minimum absolute atomic E-state index is 0.0654. The van der Waals surface area contributed by atoms with E-state index < -0.39 is 0 Å². The molecule has 5 heteroatoms. The zero-order chi connectivity index (χ0) is 12.1. The smallest absolute Gasteiger partial charge is 0.185 e. The summed E-state index contributed by atoms with van der Waals surface area (Å²) < 4.78 is 5.46. The zero-order valence-corrected chi connectivity index (χ0v) is 11.0. The number of likely N-dealkylation sites (N-methyl/N-ethyl adjacent to an activating group) is 1. The van der Waals surface area contributed by atoms with E-state index in [1.807, 2.05) is 25.8 Å². The van der Waals surface area contributed by atoms with Crippen LogP contribution in [0.15, 0.2) is 6.20 Å². The lowest BCUT2D eigenvalue weighted by atomic mass is 10.4. The first-order chi connectivity index (χ1) is 7.50. The maximum absolute atomic E-state index is 11.1. The van der Waals surface area contributed by atoms with Gasteiger partial charge in [0.25, 0.3) is 0 Å². The lowest BCUT2D eigenvalue weighted by Gasteiger charge is -2.16. The molecule has 0 aliphatic heterocycles. The molecule has 0 amide bonds. The number of aromatic nitrogens is 1. The van der Waals surface area contributed by atoms with Crippen molar-refractivity contribution in [2.45, 2.75) is 26.9 Å².